The minimum atomic E-state index is -0.263. The Hall–Kier alpha value is -0.860. The summed E-state index contributed by atoms with van der Waals surface area (Å²) < 4.78 is 0. The maximum absolute atomic E-state index is 10.3. The zero-order valence-corrected chi connectivity index (χ0v) is 6.80. The largest absolute Gasteiger partial charge is 0.259 e. The third kappa shape index (κ3) is 2.03. The molecule has 0 bridgehead atoms. The number of nitrogens with zero attached hydrogens (tertiary/aromatic N) is 1. The van der Waals surface area contributed by atoms with Gasteiger partial charge < -0.3 is 0 Å². The average molecular weight is 155 g/mol. The molecule has 1 aliphatic carbocycles. The summed E-state index contributed by atoms with van der Waals surface area (Å²) in [5.41, 5.74) is 1.44. The van der Waals surface area contributed by atoms with E-state index in [1.54, 1.807) is 6.92 Å². The van der Waals surface area contributed by atoms with Crippen LogP contribution in [0.15, 0.2) is 11.3 Å². The smallest absolute Gasteiger partial charge is 0.242 e. The highest BCUT2D eigenvalue weighted by Gasteiger charge is 2.14. The predicted octanol–water partition coefficient (Wildman–Crippen LogP) is 2.50. The van der Waals surface area contributed by atoms with Crippen molar-refractivity contribution in [2.75, 3.05) is 0 Å². The lowest BCUT2D eigenvalue weighted by molar-refractivity contribution is -0.426. The van der Waals surface area contributed by atoms with Gasteiger partial charge >= 0.3 is 0 Å². The zero-order chi connectivity index (χ0) is 8.27. The number of nitro groups is 1. The van der Waals surface area contributed by atoms with E-state index in [9.17, 15) is 10.1 Å². The van der Waals surface area contributed by atoms with Crippen LogP contribution in [0, 0.1) is 10.1 Å². The monoisotopic (exact) mass is 155 g/mol. The highest BCUT2D eigenvalue weighted by atomic mass is 16.6. The third-order valence-electron chi connectivity index (χ3n) is 2.24. The SMILES string of the molecule is CC(=C1CCCCC1)[N+](=O)[O-]. The highest BCUT2D eigenvalue weighted by molar-refractivity contribution is 5.07. The van der Waals surface area contributed by atoms with E-state index in [0.29, 0.717) is 5.70 Å². The van der Waals surface area contributed by atoms with Gasteiger partial charge in [-0.3, -0.25) is 10.1 Å². The summed E-state index contributed by atoms with van der Waals surface area (Å²) in [6.45, 7) is 1.61. The Morgan fingerprint density at radius 3 is 2.36 bits per heavy atom. The quantitative estimate of drug-likeness (QED) is 0.431. The van der Waals surface area contributed by atoms with Gasteiger partial charge in [0.15, 0.2) is 0 Å². The van der Waals surface area contributed by atoms with Crippen LogP contribution in [0.5, 0.6) is 0 Å². The first-order valence-corrected chi connectivity index (χ1v) is 4.05. The highest BCUT2D eigenvalue weighted by Crippen LogP contribution is 2.25. The maximum atomic E-state index is 10.3. The van der Waals surface area contributed by atoms with E-state index in [1.165, 1.54) is 6.42 Å². The van der Waals surface area contributed by atoms with E-state index in [0.717, 1.165) is 31.3 Å². The summed E-state index contributed by atoms with van der Waals surface area (Å²) >= 11 is 0. The van der Waals surface area contributed by atoms with Crippen molar-refractivity contribution in [3.05, 3.63) is 21.4 Å². The number of allylic oxidation sites excluding steroid dienone is 2. The van der Waals surface area contributed by atoms with Gasteiger partial charge in [0.2, 0.25) is 5.70 Å². The van der Waals surface area contributed by atoms with Crippen LogP contribution in [0.4, 0.5) is 0 Å². The molecule has 0 aromatic rings. The second-order valence-electron chi connectivity index (χ2n) is 3.01. The first-order valence-electron chi connectivity index (χ1n) is 4.05. The van der Waals surface area contributed by atoms with Gasteiger partial charge in [0.25, 0.3) is 0 Å². The molecule has 0 N–H and O–H groups in total. The van der Waals surface area contributed by atoms with Crippen LogP contribution in [0.2, 0.25) is 0 Å². The average Bonchev–Trinajstić information content (AvgIpc) is 2.05. The molecule has 1 fully saturated rings. The lowest BCUT2D eigenvalue weighted by Crippen LogP contribution is -2.03. The first-order chi connectivity index (χ1) is 5.22. The molecule has 0 atom stereocenters. The van der Waals surface area contributed by atoms with E-state index in [1.807, 2.05) is 0 Å². The number of hydrogen-bond donors (Lipinski definition) is 0. The van der Waals surface area contributed by atoms with Gasteiger partial charge in [0, 0.05) is 12.5 Å². The van der Waals surface area contributed by atoms with Gasteiger partial charge in [-0.1, -0.05) is 6.42 Å². The number of hydrogen-bond acceptors (Lipinski definition) is 2. The van der Waals surface area contributed by atoms with Gasteiger partial charge in [-0.05, 0) is 25.7 Å². The van der Waals surface area contributed by atoms with E-state index in [-0.39, 0.29) is 4.92 Å². The Labute approximate surface area is 66.3 Å². The summed E-state index contributed by atoms with van der Waals surface area (Å²) in [4.78, 5) is 10.1. The van der Waals surface area contributed by atoms with Gasteiger partial charge in [0.1, 0.15) is 0 Å². The van der Waals surface area contributed by atoms with Crippen molar-refractivity contribution in [2.24, 2.45) is 0 Å². The fourth-order valence-electron chi connectivity index (χ4n) is 1.47. The van der Waals surface area contributed by atoms with Crippen LogP contribution in [-0.4, -0.2) is 4.92 Å². The molecule has 3 nitrogen and oxygen atoms in total. The summed E-state index contributed by atoms with van der Waals surface area (Å²) in [6, 6.07) is 0. The Morgan fingerprint density at radius 1 is 1.36 bits per heavy atom. The lowest BCUT2D eigenvalue weighted by Gasteiger charge is -2.12. The molecule has 1 saturated carbocycles. The van der Waals surface area contributed by atoms with Crippen LogP contribution in [0.25, 0.3) is 0 Å². The van der Waals surface area contributed by atoms with Crippen molar-refractivity contribution in [1.29, 1.82) is 0 Å². The first kappa shape index (κ1) is 8.24. The van der Waals surface area contributed by atoms with Gasteiger partial charge in [-0.15, -0.1) is 0 Å². The van der Waals surface area contributed by atoms with Crippen molar-refractivity contribution in [3.63, 3.8) is 0 Å². The van der Waals surface area contributed by atoms with Crippen LogP contribution in [-0.2, 0) is 0 Å². The second kappa shape index (κ2) is 3.51. The van der Waals surface area contributed by atoms with E-state index < -0.39 is 0 Å². The molecule has 0 amide bonds. The summed E-state index contributed by atoms with van der Waals surface area (Å²) in [5.74, 6) is 0. The molecule has 0 unspecified atom stereocenters. The molecule has 1 rings (SSSR count). The maximum Gasteiger partial charge on any atom is 0.242 e. The van der Waals surface area contributed by atoms with Gasteiger partial charge in [-0.25, -0.2) is 0 Å². The van der Waals surface area contributed by atoms with Crippen molar-refractivity contribution in [3.8, 4) is 0 Å². The Bertz CT molecular complexity index is 188. The molecule has 0 spiro atoms. The molecule has 0 radical (unpaired) electrons. The normalized spacial score (nSPS) is 18.1. The van der Waals surface area contributed by atoms with E-state index in [2.05, 4.69) is 0 Å². The van der Waals surface area contributed by atoms with Crippen molar-refractivity contribution < 1.29 is 4.92 Å². The van der Waals surface area contributed by atoms with E-state index in [4.69, 9.17) is 0 Å². The molecule has 0 aromatic heterocycles. The fraction of sp³-hybridized carbons (Fsp3) is 0.750. The van der Waals surface area contributed by atoms with Gasteiger partial charge in [-0.2, -0.15) is 0 Å². The van der Waals surface area contributed by atoms with Crippen LogP contribution in [0.3, 0.4) is 0 Å². The molecule has 0 aliphatic heterocycles. The summed E-state index contributed by atoms with van der Waals surface area (Å²) in [5, 5.41) is 10.3. The fourth-order valence-corrected chi connectivity index (χ4v) is 1.47. The summed E-state index contributed by atoms with van der Waals surface area (Å²) in [6.07, 6.45) is 5.36. The molecule has 3 heteroatoms. The van der Waals surface area contributed by atoms with Crippen molar-refractivity contribution >= 4 is 0 Å². The number of rotatable bonds is 1. The van der Waals surface area contributed by atoms with Crippen LogP contribution in [0.1, 0.15) is 39.0 Å². The standard InChI is InChI=1S/C8H13NO2/c1-7(9(10)11)8-5-3-2-4-6-8/h2-6H2,1H3. The molecular formula is C8H13NO2. The Kier molecular flexibility index (Phi) is 2.63. The van der Waals surface area contributed by atoms with Crippen LogP contribution >= 0.6 is 0 Å². The van der Waals surface area contributed by atoms with Crippen molar-refractivity contribution in [2.45, 2.75) is 39.0 Å². The molecule has 1 aliphatic rings. The second-order valence-corrected chi connectivity index (χ2v) is 3.01. The molecule has 62 valence electrons. The van der Waals surface area contributed by atoms with Crippen molar-refractivity contribution in [1.82, 2.24) is 0 Å². The minimum absolute atomic E-state index is 0.263. The predicted molar refractivity (Wildman–Crippen MR) is 42.8 cm³/mol. The summed E-state index contributed by atoms with van der Waals surface area (Å²) in [7, 11) is 0. The molecule has 0 aromatic carbocycles. The zero-order valence-electron chi connectivity index (χ0n) is 6.80. The Morgan fingerprint density at radius 2 is 1.91 bits per heavy atom. The van der Waals surface area contributed by atoms with E-state index >= 15 is 0 Å². The minimum Gasteiger partial charge on any atom is -0.259 e. The molecule has 0 saturated heterocycles. The third-order valence-corrected chi connectivity index (χ3v) is 2.24. The lowest BCUT2D eigenvalue weighted by atomic mass is 9.94. The molecular weight excluding hydrogens is 142 g/mol. The molecule has 11 heavy (non-hydrogen) atoms. The topological polar surface area (TPSA) is 43.1 Å². The van der Waals surface area contributed by atoms with Crippen LogP contribution < -0.4 is 0 Å². The molecule has 0 heterocycles. The Balaban J connectivity index is 2.68. The van der Waals surface area contributed by atoms with Gasteiger partial charge in [0.05, 0.1) is 4.92 Å².